The van der Waals surface area contributed by atoms with E-state index in [1.54, 1.807) is 6.82 Å². The van der Waals surface area contributed by atoms with Gasteiger partial charge < -0.3 is 21.2 Å². The number of carboxylic acid groups (broad SMARTS) is 1. The second kappa shape index (κ2) is 5.13. The average molecular weight is 268 g/mol. The number of hydrogen-bond donors (Lipinski definition) is 4. The summed E-state index contributed by atoms with van der Waals surface area (Å²) >= 11 is 0. The van der Waals surface area contributed by atoms with Crippen molar-refractivity contribution in [3.8, 4) is 0 Å². The van der Waals surface area contributed by atoms with E-state index < -0.39 is 18.4 Å². The predicted molar refractivity (Wildman–Crippen MR) is 70.5 cm³/mol. The number of fused-ring (bicyclic) bond motifs is 1. The van der Waals surface area contributed by atoms with Crippen molar-refractivity contribution in [1.82, 2.24) is 5.32 Å². The van der Waals surface area contributed by atoms with Crippen LogP contribution in [0.2, 0.25) is 13.1 Å². The molecule has 1 saturated carbocycles. The first-order chi connectivity index (χ1) is 8.86. The maximum absolute atomic E-state index is 11.7. The van der Waals surface area contributed by atoms with E-state index in [0.29, 0.717) is 19.3 Å². The third-order valence-corrected chi connectivity index (χ3v) is 4.64. The number of carbonyl (C=O) groups is 2. The molecule has 1 amide bonds. The second-order valence-corrected chi connectivity index (χ2v) is 5.95. The van der Waals surface area contributed by atoms with Crippen LogP contribution in [0.1, 0.15) is 19.3 Å². The molecule has 0 radical (unpaired) electrons. The first kappa shape index (κ1) is 14.3. The minimum Gasteiger partial charge on any atom is -0.480 e. The molecule has 6 nitrogen and oxygen atoms in total. The van der Waals surface area contributed by atoms with Gasteiger partial charge in [-0.3, -0.25) is 9.59 Å². The smallest absolute Gasteiger partial charge is 0.324 e. The Bertz CT molecular complexity index is 390. The van der Waals surface area contributed by atoms with E-state index in [2.05, 4.69) is 5.32 Å². The quantitative estimate of drug-likeness (QED) is 0.504. The molecule has 19 heavy (non-hydrogen) atoms. The largest absolute Gasteiger partial charge is 0.480 e. The Balaban J connectivity index is 2.11. The van der Waals surface area contributed by atoms with Gasteiger partial charge in [-0.05, 0) is 31.0 Å². The standard InChI is InChI=1S/C12H21BN2O4/c1-13(19)4-2-3-9-8-6-15-10(16)7(8)5-12(9,14)11(17)18/h7-9,19H,2-6,14H2,1H3,(H,15,16)(H,17,18). The van der Waals surface area contributed by atoms with Gasteiger partial charge in [0.25, 0.3) is 6.92 Å². The molecule has 2 fully saturated rings. The Kier molecular flexibility index (Phi) is 3.87. The molecule has 4 atom stereocenters. The molecule has 0 bridgehead atoms. The summed E-state index contributed by atoms with van der Waals surface area (Å²) in [6, 6.07) is 0. The van der Waals surface area contributed by atoms with Crippen LogP contribution in [0.4, 0.5) is 0 Å². The number of nitrogens with two attached hydrogens (primary N) is 1. The fourth-order valence-corrected chi connectivity index (χ4v) is 3.60. The van der Waals surface area contributed by atoms with Crippen LogP contribution in [0.3, 0.4) is 0 Å². The molecular weight excluding hydrogens is 247 g/mol. The Morgan fingerprint density at radius 3 is 2.89 bits per heavy atom. The molecule has 1 aliphatic carbocycles. The van der Waals surface area contributed by atoms with Crippen molar-refractivity contribution in [1.29, 1.82) is 0 Å². The van der Waals surface area contributed by atoms with Crippen molar-refractivity contribution in [2.24, 2.45) is 23.5 Å². The highest BCUT2D eigenvalue weighted by Crippen LogP contribution is 2.47. The normalized spacial score (nSPS) is 37.0. The predicted octanol–water partition coefficient (Wildman–Crippen LogP) is -0.456. The first-order valence-electron chi connectivity index (χ1n) is 6.84. The average Bonchev–Trinajstić information content (AvgIpc) is 2.79. The lowest BCUT2D eigenvalue weighted by atomic mass is 9.65. The number of rotatable bonds is 5. The lowest BCUT2D eigenvalue weighted by Crippen LogP contribution is -2.53. The van der Waals surface area contributed by atoms with Gasteiger partial charge in [0.05, 0.1) is 0 Å². The lowest BCUT2D eigenvalue weighted by molar-refractivity contribution is -0.145. The summed E-state index contributed by atoms with van der Waals surface area (Å²) in [6.07, 6.45) is 2.22. The van der Waals surface area contributed by atoms with Crippen LogP contribution in [0.25, 0.3) is 0 Å². The van der Waals surface area contributed by atoms with Gasteiger partial charge in [0.2, 0.25) is 5.91 Å². The fraction of sp³-hybridized carbons (Fsp3) is 0.833. The molecule has 2 aliphatic rings. The summed E-state index contributed by atoms with van der Waals surface area (Å²) in [7, 11) is 0. The lowest BCUT2D eigenvalue weighted by Gasteiger charge is -2.30. The molecule has 1 saturated heterocycles. The first-order valence-corrected chi connectivity index (χ1v) is 6.84. The molecule has 4 unspecified atom stereocenters. The minimum atomic E-state index is -1.30. The maximum atomic E-state index is 11.7. The number of carboxylic acids is 1. The van der Waals surface area contributed by atoms with E-state index in [1.165, 1.54) is 0 Å². The van der Waals surface area contributed by atoms with Gasteiger partial charge in [-0.25, -0.2) is 0 Å². The van der Waals surface area contributed by atoms with Crippen molar-refractivity contribution in [2.75, 3.05) is 6.54 Å². The fourth-order valence-electron chi connectivity index (χ4n) is 3.60. The zero-order valence-corrected chi connectivity index (χ0v) is 11.1. The maximum Gasteiger partial charge on any atom is 0.324 e. The molecule has 1 aliphatic heterocycles. The van der Waals surface area contributed by atoms with Gasteiger partial charge in [0.15, 0.2) is 0 Å². The van der Waals surface area contributed by atoms with Gasteiger partial charge in [-0.15, -0.1) is 0 Å². The Hall–Kier alpha value is -1.08. The summed E-state index contributed by atoms with van der Waals surface area (Å²) in [6.45, 7) is 1.85. The van der Waals surface area contributed by atoms with Crippen molar-refractivity contribution in [3.63, 3.8) is 0 Å². The zero-order valence-electron chi connectivity index (χ0n) is 11.1. The van der Waals surface area contributed by atoms with Crippen LogP contribution in [-0.2, 0) is 9.59 Å². The topological polar surface area (TPSA) is 113 Å². The Morgan fingerprint density at radius 2 is 2.32 bits per heavy atom. The molecule has 106 valence electrons. The summed E-state index contributed by atoms with van der Waals surface area (Å²) in [5.41, 5.74) is 4.77. The van der Waals surface area contributed by atoms with E-state index in [0.717, 1.165) is 6.42 Å². The van der Waals surface area contributed by atoms with Crippen LogP contribution in [0.5, 0.6) is 0 Å². The monoisotopic (exact) mass is 268 g/mol. The van der Waals surface area contributed by atoms with Crippen molar-refractivity contribution in [2.45, 2.75) is 37.9 Å². The van der Waals surface area contributed by atoms with Gasteiger partial charge in [0.1, 0.15) is 5.54 Å². The van der Waals surface area contributed by atoms with E-state index in [9.17, 15) is 19.7 Å². The highest BCUT2D eigenvalue weighted by atomic mass is 16.4. The minimum absolute atomic E-state index is 0.0163. The van der Waals surface area contributed by atoms with Crippen molar-refractivity contribution >= 4 is 18.8 Å². The highest BCUT2D eigenvalue weighted by molar-refractivity contribution is 6.48. The third-order valence-electron chi connectivity index (χ3n) is 4.64. The van der Waals surface area contributed by atoms with E-state index in [1.807, 2.05) is 0 Å². The number of amides is 1. The van der Waals surface area contributed by atoms with Crippen LogP contribution in [-0.4, -0.2) is 41.0 Å². The van der Waals surface area contributed by atoms with Gasteiger partial charge >= 0.3 is 5.97 Å². The summed E-state index contributed by atoms with van der Waals surface area (Å²) in [4.78, 5) is 23.2. The Morgan fingerprint density at radius 1 is 1.63 bits per heavy atom. The summed E-state index contributed by atoms with van der Waals surface area (Å²) in [5.74, 6) is -1.54. The molecule has 0 aromatic carbocycles. The number of nitrogens with one attached hydrogen (secondary N) is 1. The van der Waals surface area contributed by atoms with Crippen molar-refractivity contribution < 1.29 is 19.7 Å². The number of carbonyl (C=O) groups excluding carboxylic acids is 1. The molecule has 2 rings (SSSR count). The van der Waals surface area contributed by atoms with Gasteiger partial charge in [0, 0.05) is 12.5 Å². The molecule has 7 heteroatoms. The van der Waals surface area contributed by atoms with Crippen LogP contribution < -0.4 is 11.1 Å². The molecule has 5 N–H and O–H groups in total. The van der Waals surface area contributed by atoms with E-state index in [4.69, 9.17) is 5.73 Å². The molecule has 0 aromatic rings. The van der Waals surface area contributed by atoms with Crippen LogP contribution >= 0.6 is 0 Å². The third kappa shape index (κ3) is 2.49. The second-order valence-electron chi connectivity index (χ2n) is 5.95. The summed E-state index contributed by atoms with van der Waals surface area (Å²) < 4.78 is 0. The molecule has 1 heterocycles. The Labute approximate surface area is 112 Å². The van der Waals surface area contributed by atoms with Crippen molar-refractivity contribution in [3.05, 3.63) is 0 Å². The highest BCUT2D eigenvalue weighted by Gasteiger charge is 2.59. The molecule has 0 aromatic heterocycles. The molecule has 0 spiro atoms. The van der Waals surface area contributed by atoms with E-state index >= 15 is 0 Å². The van der Waals surface area contributed by atoms with E-state index in [-0.39, 0.29) is 30.1 Å². The van der Waals surface area contributed by atoms with Gasteiger partial charge in [-0.2, -0.15) is 0 Å². The number of aliphatic carboxylic acids is 1. The van der Waals surface area contributed by atoms with Crippen LogP contribution in [0, 0.1) is 17.8 Å². The van der Waals surface area contributed by atoms with Crippen LogP contribution in [0.15, 0.2) is 0 Å². The molecular formula is C12H21BN2O4. The summed E-state index contributed by atoms with van der Waals surface area (Å²) in [5, 5.41) is 21.5. The van der Waals surface area contributed by atoms with Gasteiger partial charge in [-0.1, -0.05) is 13.2 Å². The number of hydrogen-bond acceptors (Lipinski definition) is 4. The zero-order chi connectivity index (χ0) is 14.2. The SMILES string of the molecule is CB(O)CCCC1C2CNC(=O)C2CC1(N)C(=O)O.